The van der Waals surface area contributed by atoms with Crippen LogP contribution in [-0.2, 0) is 9.53 Å². The molecule has 0 saturated heterocycles. The molecule has 7 nitrogen and oxygen atoms in total. The van der Waals surface area contributed by atoms with Gasteiger partial charge in [0.1, 0.15) is 0 Å². The normalized spacial score (nSPS) is 17.5. The topological polar surface area (TPSA) is 94.2 Å². The summed E-state index contributed by atoms with van der Waals surface area (Å²) in [6, 6.07) is 6.25. The molecule has 7 heteroatoms. The predicted octanol–water partition coefficient (Wildman–Crippen LogP) is 2.85. The maximum absolute atomic E-state index is 12.0. The molecule has 0 aliphatic carbocycles. The predicted molar refractivity (Wildman–Crippen MR) is 82.2 cm³/mol. The van der Waals surface area contributed by atoms with Gasteiger partial charge in [-0.15, -0.1) is 5.10 Å². The monoisotopic (exact) mass is 303 g/mol. The molecule has 1 aromatic carbocycles. The SMILES string of the molecule is CCOC(=O)C1=NN=C(CC)CC1c1cccc([N+](=O)[O-])c1. The lowest BCUT2D eigenvalue weighted by Crippen LogP contribution is -2.29. The third kappa shape index (κ3) is 3.36. The molecule has 0 bridgehead atoms. The molecule has 1 atom stereocenters. The average molecular weight is 303 g/mol. The number of nitrogens with zero attached hydrogens (tertiary/aromatic N) is 3. The van der Waals surface area contributed by atoms with Crippen LogP contribution in [0.1, 0.15) is 38.2 Å². The summed E-state index contributed by atoms with van der Waals surface area (Å²) >= 11 is 0. The summed E-state index contributed by atoms with van der Waals surface area (Å²) in [5, 5.41) is 19.0. The van der Waals surface area contributed by atoms with Crippen molar-refractivity contribution in [2.45, 2.75) is 32.6 Å². The summed E-state index contributed by atoms with van der Waals surface area (Å²) in [4.78, 5) is 22.5. The van der Waals surface area contributed by atoms with E-state index < -0.39 is 10.9 Å². The van der Waals surface area contributed by atoms with Gasteiger partial charge in [-0.1, -0.05) is 19.1 Å². The fourth-order valence-corrected chi connectivity index (χ4v) is 2.30. The van der Waals surface area contributed by atoms with Crippen LogP contribution < -0.4 is 0 Å². The molecule has 0 aromatic heterocycles. The fraction of sp³-hybridized carbons (Fsp3) is 0.400. The van der Waals surface area contributed by atoms with Gasteiger partial charge < -0.3 is 4.74 Å². The van der Waals surface area contributed by atoms with Crippen LogP contribution in [0.3, 0.4) is 0 Å². The molecule has 0 radical (unpaired) electrons. The van der Waals surface area contributed by atoms with Crippen LogP contribution in [0.15, 0.2) is 34.5 Å². The van der Waals surface area contributed by atoms with E-state index in [0.29, 0.717) is 18.4 Å². The minimum absolute atomic E-state index is 0.0127. The van der Waals surface area contributed by atoms with Gasteiger partial charge in [0.05, 0.1) is 11.5 Å². The van der Waals surface area contributed by atoms with E-state index in [-0.39, 0.29) is 23.9 Å². The highest BCUT2D eigenvalue weighted by molar-refractivity contribution is 6.39. The van der Waals surface area contributed by atoms with E-state index in [1.165, 1.54) is 12.1 Å². The van der Waals surface area contributed by atoms with Crippen molar-refractivity contribution >= 4 is 23.1 Å². The summed E-state index contributed by atoms with van der Waals surface area (Å²) in [7, 11) is 0. The van der Waals surface area contributed by atoms with Gasteiger partial charge in [0.25, 0.3) is 5.69 Å². The molecule has 116 valence electrons. The molecular formula is C15H17N3O4. The van der Waals surface area contributed by atoms with Crippen LogP contribution in [-0.4, -0.2) is 28.9 Å². The Morgan fingerprint density at radius 3 is 2.82 bits per heavy atom. The molecule has 1 aromatic rings. The summed E-state index contributed by atoms with van der Waals surface area (Å²) in [5.41, 5.74) is 1.70. The summed E-state index contributed by atoms with van der Waals surface area (Å²) in [6.45, 7) is 3.91. The molecular weight excluding hydrogens is 286 g/mol. The number of hydrogen-bond acceptors (Lipinski definition) is 6. The second kappa shape index (κ2) is 6.93. The Morgan fingerprint density at radius 2 is 2.18 bits per heavy atom. The van der Waals surface area contributed by atoms with Crippen LogP contribution in [0.5, 0.6) is 0 Å². The number of benzene rings is 1. The number of ether oxygens (including phenoxy) is 1. The number of rotatable bonds is 5. The first kappa shape index (κ1) is 15.8. The standard InChI is InChI=1S/C15H17N3O4/c1-3-11-9-13(14(17-16-11)15(19)22-4-2)10-6-5-7-12(8-10)18(20)21/h5-8,13H,3-4,9H2,1-2H3. The molecule has 22 heavy (non-hydrogen) atoms. The van der Waals surface area contributed by atoms with Gasteiger partial charge in [0.15, 0.2) is 5.71 Å². The molecule has 1 aliphatic heterocycles. The number of carbonyl (C=O) groups excluding carboxylic acids is 1. The largest absolute Gasteiger partial charge is 0.461 e. The third-order valence-corrected chi connectivity index (χ3v) is 3.45. The summed E-state index contributed by atoms with van der Waals surface area (Å²) < 4.78 is 5.01. The molecule has 0 amide bonds. The van der Waals surface area contributed by atoms with Crippen molar-refractivity contribution in [1.82, 2.24) is 0 Å². The first-order valence-corrected chi connectivity index (χ1v) is 7.11. The first-order chi connectivity index (χ1) is 10.6. The van der Waals surface area contributed by atoms with Gasteiger partial charge in [0.2, 0.25) is 0 Å². The molecule has 2 rings (SSSR count). The van der Waals surface area contributed by atoms with Crippen LogP contribution >= 0.6 is 0 Å². The first-order valence-electron chi connectivity index (χ1n) is 7.11. The average Bonchev–Trinajstić information content (AvgIpc) is 2.54. The maximum Gasteiger partial charge on any atom is 0.355 e. The summed E-state index contributed by atoms with van der Waals surface area (Å²) in [5.74, 6) is -0.899. The molecule has 1 unspecified atom stereocenters. The van der Waals surface area contributed by atoms with Crippen molar-refractivity contribution in [3.05, 3.63) is 39.9 Å². The zero-order valence-electron chi connectivity index (χ0n) is 12.5. The number of nitro groups is 1. The van der Waals surface area contributed by atoms with Gasteiger partial charge >= 0.3 is 5.97 Å². The van der Waals surface area contributed by atoms with Gasteiger partial charge in [-0.3, -0.25) is 10.1 Å². The second-order valence-corrected chi connectivity index (χ2v) is 4.83. The van der Waals surface area contributed by atoms with Crippen molar-refractivity contribution in [3.8, 4) is 0 Å². The van der Waals surface area contributed by atoms with E-state index in [4.69, 9.17) is 4.74 Å². The van der Waals surface area contributed by atoms with E-state index in [0.717, 1.165) is 5.71 Å². The van der Waals surface area contributed by atoms with E-state index in [2.05, 4.69) is 10.2 Å². The Balaban J connectivity index is 2.40. The molecule has 0 saturated carbocycles. The zero-order chi connectivity index (χ0) is 16.1. The highest BCUT2D eigenvalue weighted by Gasteiger charge is 2.30. The van der Waals surface area contributed by atoms with Crippen molar-refractivity contribution in [2.75, 3.05) is 6.61 Å². The zero-order valence-corrected chi connectivity index (χ0v) is 12.5. The number of carbonyl (C=O) groups is 1. The van der Waals surface area contributed by atoms with Crippen molar-refractivity contribution in [3.63, 3.8) is 0 Å². The lowest BCUT2D eigenvalue weighted by atomic mass is 9.87. The number of non-ortho nitro benzene ring substituents is 1. The van der Waals surface area contributed by atoms with E-state index in [9.17, 15) is 14.9 Å². The Hall–Kier alpha value is -2.57. The lowest BCUT2D eigenvalue weighted by Gasteiger charge is -2.21. The number of nitro benzene ring substituents is 1. The minimum atomic E-state index is -0.530. The molecule has 0 N–H and O–H groups in total. The molecule has 1 heterocycles. The number of hydrogen-bond donors (Lipinski definition) is 0. The van der Waals surface area contributed by atoms with Crippen LogP contribution in [0, 0.1) is 10.1 Å². The fourth-order valence-electron chi connectivity index (χ4n) is 2.30. The van der Waals surface area contributed by atoms with Crippen molar-refractivity contribution in [1.29, 1.82) is 0 Å². The molecule has 1 aliphatic rings. The number of esters is 1. The maximum atomic E-state index is 12.0. The second-order valence-electron chi connectivity index (χ2n) is 4.83. The Morgan fingerprint density at radius 1 is 1.41 bits per heavy atom. The lowest BCUT2D eigenvalue weighted by molar-refractivity contribution is -0.384. The van der Waals surface area contributed by atoms with Gasteiger partial charge in [-0.05, 0) is 18.9 Å². The van der Waals surface area contributed by atoms with Crippen molar-refractivity contribution < 1.29 is 14.5 Å². The highest BCUT2D eigenvalue weighted by atomic mass is 16.6. The van der Waals surface area contributed by atoms with Gasteiger partial charge in [-0.25, -0.2) is 4.79 Å². The Labute approximate surface area is 127 Å². The molecule has 0 spiro atoms. The van der Waals surface area contributed by atoms with E-state index in [1.807, 2.05) is 6.92 Å². The van der Waals surface area contributed by atoms with Crippen LogP contribution in [0.4, 0.5) is 5.69 Å². The van der Waals surface area contributed by atoms with Crippen LogP contribution in [0.2, 0.25) is 0 Å². The quantitative estimate of drug-likeness (QED) is 0.475. The van der Waals surface area contributed by atoms with E-state index >= 15 is 0 Å². The Kier molecular flexibility index (Phi) is 4.98. The third-order valence-electron chi connectivity index (χ3n) is 3.45. The van der Waals surface area contributed by atoms with E-state index in [1.54, 1.807) is 19.1 Å². The highest BCUT2D eigenvalue weighted by Crippen LogP contribution is 2.29. The van der Waals surface area contributed by atoms with Gasteiger partial charge in [-0.2, -0.15) is 5.10 Å². The van der Waals surface area contributed by atoms with Crippen molar-refractivity contribution in [2.24, 2.45) is 10.2 Å². The Bertz CT molecular complexity index is 652. The minimum Gasteiger partial charge on any atom is -0.461 e. The van der Waals surface area contributed by atoms with Gasteiger partial charge in [0, 0.05) is 30.2 Å². The smallest absolute Gasteiger partial charge is 0.355 e. The summed E-state index contributed by atoms with van der Waals surface area (Å²) in [6.07, 6.45) is 1.22. The van der Waals surface area contributed by atoms with Crippen LogP contribution in [0.25, 0.3) is 0 Å². The molecule has 0 fully saturated rings.